The number of fused-ring (bicyclic) bond motifs is 1. The lowest BCUT2D eigenvalue weighted by Gasteiger charge is -2.14. The van der Waals surface area contributed by atoms with E-state index in [1.54, 1.807) is 37.3 Å². The standard InChI is InChI=1S/C21H19ClN2O5S2/c1-14-2-7-19(30(25,26)23-17-5-3-16(22)4-6-17)13-20(14)24-31(27,28)18-8-9-21-15(12-18)10-11-29-21/h2-9,12-13,23-24H,10-11H2,1H3. The zero-order valence-electron chi connectivity index (χ0n) is 16.4. The van der Waals surface area contributed by atoms with E-state index >= 15 is 0 Å². The summed E-state index contributed by atoms with van der Waals surface area (Å²) in [6.07, 6.45) is 0.641. The van der Waals surface area contributed by atoms with Gasteiger partial charge in [0.25, 0.3) is 20.0 Å². The van der Waals surface area contributed by atoms with Gasteiger partial charge in [0.1, 0.15) is 5.75 Å². The highest BCUT2D eigenvalue weighted by atomic mass is 35.5. The first-order chi connectivity index (χ1) is 14.6. The second kappa shape index (κ2) is 8.07. The van der Waals surface area contributed by atoms with Crippen LogP contribution in [0.15, 0.2) is 70.5 Å². The summed E-state index contributed by atoms with van der Waals surface area (Å²) >= 11 is 5.83. The molecule has 31 heavy (non-hydrogen) atoms. The second-order valence-electron chi connectivity index (χ2n) is 7.06. The van der Waals surface area contributed by atoms with Crippen molar-refractivity contribution in [1.29, 1.82) is 0 Å². The van der Waals surface area contributed by atoms with Crippen molar-refractivity contribution < 1.29 is 21.6 Å². The molecule has 0 unspecified atom stereocenters. The van der Waals surface area contributed by atoms with Crippen LogP contribution in [-0.2, 0) is 26.5 Å². The third-order valence-electron chi connectivity index (χ3n) is 4.83. The van der Waals surface area contributed by atoms with E-state index in [-0.39, 0.29) is 15.5 Å². The molecule has 1 heterocycles. The topological polar surface area (TPSA) is 102 Å². The fourth-order valence-corrected chi connectivity index (χ4v) is 5.53. The number of nitrogens with one attached hydrogen (secondary N) is 2. The summed E-state index contributed by atoms with van der Waals surface area (Å²) in [5.74, 6) is 0.677. The SMILES string of the molecule is Cc1ccc(S(=O)(=O)Nc2ccc(Cl)cc2)cc1NS(=O)(=O)c1ccc2c(c1)CCO2. The fraction of sp³-hybridized carbons (Fsp3) is 0.143. The van der Waals surface area contributed by atoms with Gasteiger partial charge in [0.2, 0.25) is 0 Å². The molecule has 7 nitrogen and oxygen atoms in total. The van der Waals surface area contributed by atoms with Gasteiger partial charge in [0, 0.05) is 17.1 Å². The highest BCUT2D eigenvalue weighted by Crippen LogP contribution is 2.30. The van der Waals surface area contributed by atoms with Gasteiger partial charge < -0.3 is 4.74 Å². The Morgan fingerprint density at radius 2 is 1.48 bits per heavy atom. The van der Waals surface area contributed by atoms with Crippen molar-refractivity contribution in [2.45, 2.75) is 23.1 Å². The number of sulfonamides is 2. The monoisotopic (exact) mass is 478 g/mol. The van der Waals surface area contributed by atoms with Crippen molar-refractivity contribution in [3.63, 3.8) is 0 Å². The highest BCUT2D eigenvalue weighted by molar-refractivity contribution is 7.93. The quantitative estimate of drug-likeness (QED) is 0.553. The predicted octanol–water partition coefficient (Wildman–Crippen LogP) is 4.18. The number of aryl methyl sites for hydroxylation is 1. The molecule has 0 radical (unpaired) electrons. The van der Waals surface area contributed by atoms with Crippen LogP contribution in [0.2, 0.25) is 5.02 Å². The van der Waals surface area contributed by atoms with Crippen molar-refractivity contribution in [2.24, 2.45) is 0 Å². The Morgan fingerprint density at radius 3 is 2.23 bits per heavy atom. The third-order valence-corrected chi connectivity index (χ3v) is 7.83. The van der Waals surface area contributed by atoms with Crippen LogP contribution in [0.4, 0.5) is 11.4 Å². The Labute approximate surface area is 186 Å². The smallest absolute Gasteiger partial charge is 0.261 e. The summed E-state index contributed by atoms with van der Waals surface area (Å²) in [5.41, 5.74) is 1.92. The Hall–Kier alpha value is -2.75. The molecular weight excluding hydrogens is 460 g/mol. The summed E-state index contributed by atoms with van der Waals surface area (Å²) in [6.45, 7) is 2.21. The summed E-state index contributed by atoms with van der Waals surface area (Å²) in [4.78, 5) is 0.0109. The number of hydrogen-bond donors (Lipinski definition) is 2. The predicted molar refractivity (Wildman–Crippen MR) is 120 cm³/mol. The zero-order valence-corrected chi connectivity index (χ0v) is 18.8. The maximum atomic E-state index is 12.9. The van der Waals surface area contributed by atoms with Gasteiger partial charge in [0.05, 0.1) is 22.1 Å². The van der Waals surface area contributed by atoms with E-state index in [4.69, 9.17) is 16.3 Å². The molecule has 0 fully saturated rings. The first kappa shape index (κ1) is 21.5. The molecule has 3 aromatic rings. The Kier molecular flexibility index (Phi) is 5.59. The van der Waals surface area contributed by atoms with E-state index in [1.165, 1.54) is 30.3 Å². The molecule has 10 heteroatoms. The summed E-state index contributed by atoms with van der Waals surface area (Å²) in [6, 6.07) is 15.1. The fourth-order valence-electron chi connectivity index (χ4n) is 3.14. The van der Waals surface area contributed by atoms with Crippen LogP contribution in [0.1, 0.15) is 11.1 Å². The van der Waals surface area contributed by atoms with Crippen molar-refractivity contribution in [1.82, 2.24) is 0 Å². The maximum absolute atomic E-state index is 12.9. The van der Waals surface area contributed by atoms with E-state index < -0.39 is 20.0 Å². The summed E-state index contributed by atoms with van der Waals surface area (Å²) in [5, 5.41) is 0.480. The normalized spacial score (nSPS) is 13.4. The van der Waals surface area contributed by atoms with Gasteiger partial charge in [0.15, 0.2) is 0 Å². The van der Waals surface area contributed by atoms with E-state index in [2.05, 4.69) is 9.44 Å². The maximum Gasteiger partial charge on any atom is 0.261 e. The molecule has 0 bridgehead atoms. The molecule has 0 saturated carbocycles. The van der Waals surface area contributed by atoms with E-state index in [1.807, 2.05) is 0 Å². The van der Waals surface area contributed by atoms with Gasteiger partial charge in [-0.1, -0.05) is 17.7 Å². The molecule has 0 saturated heterocycles. The lowest BCUT2D eigenvalue weighted by molar-refractivity contribution is 0.356. The minimum Gasteiger partial charge on any atom is -0.493 e. The molecule has 3 aromatic carbocycles. The number of anilines is 2. The van der Waals surface area contributed by atoms with Gasteiger partial charge in [-0.2, -0.15) is 0 Å². The zero-order chi connectivity index (χ0) is 22.2. The van der Waals surface area contributed by atoms with Crippen LogP contribution in [0.25, 0.3) is 0 Å². The van der Waals surface area contributed by atoms with E-state index in [9.17, 15) is 16.8 Å². The van der Waals surface area contributed by atoms with Crippen LogP contribution in [0.5, 0.6) is 5.75 Å². The Morgan fingerprint density at radius 1 is 0.839 bits per heavy atom. The first-order valence-corrected chi connectivity index (χ1v) is 12.7. The number of halogens is 1. The molecule has 0 spiro atoms. The van der Waals surface area contributed by atoms with Gasteiger partial charge in [-0.3, -0.25) is 9.44 Å². The summed E-state index contributed by atoms with van der Waals surface area (Å²) < 4.78 is 61.7. The Bertz CT molecular complexity index is 1360. The highest BCUT2D eigenvalue weighted by Gasteiger charge is 2.22. The van der Waals surface area contributed by atoms with Gasteiger partial charge in [-0.25, -0.2) is 16.8 Å². The number of benzene rings is 3. The van der Waals surface area contributed by atoms with Gasteiger partial charge in [-0.05, 0) is 72.6 Å². The Balaban J connectivity index is 1.62. The number of rotatable bonds is 6. The van der Waals surface area contributed by atoms with E-state index in [0.29, 0.717) is 35.1 Å². The third kappa shape index (κ3) is 4.63. The average molecular weight is 479 g/mol. The molecular formula is C21H19ClN2O5S2. The molecule has 4 rings (SSSR count). The minimum absolute atomic E-state index is 0.0758. The molecule has 0 aromatic heterocycles. The van der Waals surface area contributed by atoms with E-state index in [0.717, 1.165) is 5.56 Å². The molecule has 0 aliphatic carbocycles. The molecule has 0 atom stereocenters. The largest absolute Gasteiger partial charge is 0.493 e. The van der Waals surface area contributed by atoms with Crippen LogP contribution >= 0.6 is 11.6 Å². The van der Waals surface area contributed by atoms with Crippen molar-refractivity contribution in [3.8, 4) is 5.75 Å². The van der Waals surface area contributed by atoms with Crippen molar-refractivity contribution in [3.05, 3.63) is 76.8 Å². The van der Waals surface area contributed by atoms with Crippen LogP contribution in [-0.4, -0.2) is 23.4 Å². The number of ether oxygens (including phenoxy) is 1. The first-order valence-electron chi connectivity index (χ1n) is 9.32. The molecule has 0 amide bonds. The summed E-state index contributed by atoms with van der Waals surface area (Å²) in [7, 11) is -7.86. The molecule has 1 aliphatic rings. The van der Waals surface area contributed by atoms with Gasteiger partial charge in [-0.15, -0.1) is 0 Å². The lowest BCUT2D eigenvalue weighted by atomic mass is 10.2. The van der Waals surface area contributed by atoms with Crippen LogP contribution in [0, 0.1) is 6.92 Å². The number of hydrogen-bond acceptors (Lipinski definition) is 5. The van der Waals surface area contributed by atoms with Crippen LogP contribution in [0.3, 0.4) is 0 Å². The average Bonchev–Trinajstić information content (AvgIpc) is 3.19. The second-order valence-corrected chi connectivity index (χ2v) is 10.9. The molecule has 2 N–H and O–H groups in total. The lowest BCUT2D eigenvalue weighted by Crippen LogP contribution is -2.16. The van der Waals surface area contributed by atoms with Crippen molar-refractivity contribution in [2.75, 3.05) is 16.1 Å². The van der Waals surface area contributed by atoms with Crippen molar-refractivity contribution >= 4 is 43.0 Å². The van der Waals surface area contributed by atoms with Gasteiger partial charge >= 0.3 is 0 Å². The minimum atomic E-state index is -3.94. The van der Waals surface area contributed by atoms with Crippen LogP contribution < -0.4 is 14.2 Å². The molecule has 162 valence electrons. The molecule has 1 aliphatic heterocycles.